The summed E-state index contributed by atoms with van der Waals surface area (Å²) in [5.74, 6) is 1.63. The maximum Gasteiger partial charge on any atom is 0.220 e. The number of ether oxygens (including phenoxy) is 3. The van der Waals surface area contributed by atoms with E-state index >= 15 is 0 Å². The van der Waals surface area contributed by atoms with Crippen molar-refractivity contribution in [3.8, 4) is 16.9 Å². The number of unbranched alkanes of at least 4 members (excludes halogenated alkanes) is 2. The van der Waals surface area contributed by atoms with Gasteiger partial charge in [-0.05, 0) is 52.8 Å². The van der Waals surface area contributed by atoms with Crippen molar-refractivity contribution in [2.75, 3.05) is 19.4 Å². The van der Waals surface area contributed by atoms with Gasteiger partial charge in [-0.25, -0.2) is 0 Å². The second-order valence-corrected chi connectivity index (χ2v) is 13.7. The number of benzene rings is 4. The van der Waals surface area contributed by atoms with E-state index in [1.807, 2.05) is 60.7 Å². The molecule has 1 fully saturated rings. The van der Waals surface area contributed by atoms with Crippen LogP contribution in [-0.2, 0) is 32.2 Å². The number of carbonyl (C=O) groups is 2. The van der Waals surface area contributed by atoms with Gasteiger partial charge in [0.2, 0.25) is 11.8 Å². The Morgan fingerprint density at radius 1 is 0.840 bits per heavy atom. The number of hydrogen-bond acceptors (Lipinski definition) is 7. The Labute approximate surface area is 299 Å². The number of carbonyl (C=O) groups excluding carboxylic acids is 2. The number of rotatable bonds is 16. The van der Waals surface area contributed by atoms with E-state index in [0.717, 1.165) is 69.0 Å². The molecule has 0 radical (unpaired) electrons. The van der Waals surface area contributed by atoms with Crippen LogP contribution < -0.4 is 15.4 Å². The molecule has 4 atom stereocenters. The third-order valence-electron chi connectivity index (χ3n) is 9.04. The van der Waals surface area contributed by atoms with E-state index < -0.39 is 6.29 Å². The third-order valence-corrected chi connectivity index (χ3v) is 10.2. The standard InChI is InChI=1S/C41H48N2O6S/c1-28-37(27-50-38-14-9-8-13-36(38)47-3)48-41(49-40(28)32-18-16-30(26-44)17-19-32)33-22-20-31(21-23-33)35-12-7-6-11-34(35)25-43-39(46)15-5-4-10-24-42-29(2)45/h6-9,11-14,16-23,28,37,40-41,44H,4-5,10,15,24-27H2,1-3H3,(H,42,45)(H,43,46)/t28-,37+,40+,41+/m0/s1. The molecule has 0 saturated carbocycles. The summed E-state index contributed by atoms with van der Waals surface area (Å²) in [6.07, 6.45) is 2.12. The van der Waals surface area contributed by atoms with Crippen LogP contribution in [0.4, 0.5) is 0 Å². The Bertz CT molecular complexity index is 1680. The van der Waals surface area contributed by atoms with Gasteiger partial charge in [0.25, 0.3) is 0 Å². The van der Waals surface area contributed by atoms with Crippen LogP contribution in [0.5, 0.6) is 5.75 Å². The van der Waals surface area contributed by atoms with Gasteiger partial charge in [0.1, 0.15) is 5.75 Å². The Morgan fingerprint density at radius 3 is 2.30 bits per heavy atom. The molecular formula is C41H48N2O6S. The van der Waals surface area contributed by atoms with Crippen LogP contribution in [0.15, 0.2) is 102 Å². The summed E-state index contributed by atoms with van der Waals surface area (Å²) < 4.78 is 19.0. The largest absolute Gasteiger partial charge is 0.496 e. The minimum absolute atomic E-state index is 0.00472. The van der Waals surface area contributed by atoms with Gasteiger partial charge in [-0.1, -0.05) is 98.3 Å². The van der Waals surface area contributed by atoms with Gasteiger partial charge >= 0.3 is 0 Å². The summed E-state index contributed by atoms with van der Waals surface area (Å²) in [4.78, 5) is 24.6. The Morgan fingerprint density at radius 2 is 1.56 bits per heavy atom. The lowest BCUT2D eigenvalue weighted by molar-refractivity contribution is -0.268. The van der Waals surface area contributed by atoms with Crippen LogP contribution in [0, 0.1) is 5.92 Å². The Hall–Kier alpha value is -4.15. The first-order valence-corrected chi connectivity index (χ1v) is 18.3. The van der Waals surface area contributed by atoms with E-state index in [9.17, 15) is 14.7 Å². The molecule has 9 heteroatoms. The van der Waals surface area contributed by atoms with Crippen molar-refractivity contribution in [2.45, 2.75) is 76.1 Å². The highest BCUT2D eigenvalue weighted by atomic mass is 32.2. The van der Waals surface area contributed by atoms with Crippen LogP contribution in [0.25, 0.3) is 11.1 Å². The Kier molecular flexibility index (Phi) is 13.9. The third kappa shape index (κ3) is 10.2. The molecule has 2 amide bonds. The predicted molar refractivity (Wildman–Crippen MR) is 198 cm³/mol. The number of aliphatic hydroxyl groups is 1. The van der Waals surface area contributed by atoms with E-state index in [1.54, 1.807) is 18.9 Å². The van der Waals surface area contributed by atoms with Crippen LogP contribution >= 0.6 is 11.8 Å². The average molecular weight is 697 g/mol. The molecule has 0 aromatic heterocycles. The summed E-state index contributed by atoms with van der Waals surface area (Å²) in [5, 5.41) is 15.5. The summed E-state index contributed by atoms with van der Waals surface area (Å²) in [5.41, 5.74) is 5.97. The van der Waals surface area contributed by atoms with Crippen LogP contribution in [0.3, 0.4) is 0 Å². The maximum atomic E-state index is 12.6. The molecule has 0 bridgehead atoms. The van der Waals surface area contributed by atoms with E-state index in [1.165, 1.54) is 6.92 Å². The normalized spacial score (nSPS) is 18.7. The van der Waals surface area contributed by atoms with Crippen molar-refractivity contribution in [2.24, 2.45) is 5.92 Å². The van der Waals surface area contributed by atoms with Gasteiger partial charge in [0.15, 0.2) is 6.29 Å². The number of para-hydroxylation sites is 1. The number of nitrogens with one attached hydrogen (secondary N) is 2. The minimum atomic E-state index is -0.571. The lowest BCUT2D eigenvalue weighted by atomic mass is 9.91. The monoisotopic (exact) mass is 696 g/mol. The topological polar surface area (TPSA) is 106 Å². The molecule has 3 N–H and O–H groups in total. The number of amides is 2. The van der Waals surface area contributed by atoms with Gasteiger partial charge in [-0.15, -0.1) is 11.8 Å². The van der Waals surface area contributed by atoms with E-state index in [-0.39, 0.29) is 36.5 Å². The highest BCUT2D eigenvalue weighted by Crippen LogP contribution is 2.44. The molecule has 8 nitrogen and oxygen atoms in total. The zero-order valence-electron chi connectivity index (χ0n) is 29.1. The van der Waals surface area contributed by atoms with E-state index in [4.69, 9.17) is 14.2 Å². The fourth-order valence-electron chi connectivity index (χ4n) is 6.13. The molecule has 264 valence electrons. The molecule has 1 aliphatic heterocycles. The molecule has 4 aromatic carbocycles. The second-order valence-electron chi connectivity index (χ2n) is 12.6. The fraction of sp³-hybridized carbons (Fsp3) is 0.366. The quantitative estimate of drug-likeness (QED) is 0.0813. The lowest BCUT2D eigenvalue weighted by Gasteiger charge is -2.41. The average Bonchev–Trinajstić information content (AvgIpc) is 3.15. The minimum Gasteiger partial charge on any atom is -0.496 e. The van der Waals surface area contributed by atoms with Crippen molar-refractivity contribution in [3.05, 3.63) is 119 Å². The highest BCUT2D eigenvalue weighted by Gasteiger charge is 2.38. The first-order valence-electron chi connectivity index (χ1n) is 17.3. The van der Waals surface area contributed by atoms with Crippen molar-refractivity contribution < 1.29 is 28.9 Å². The molecule has 50 heavy (non-hydrogen) atoms. The molecule has 0 spiro atoms. The molecular weight excluding hydrogens is 649 g/mol. The molecule has 1 saturated heterocycles. The number of hydrogen-bond donors (Lipinski definition) is 3. The smallest absolute Gasteiger partial charge is 0.220 e. The predicted octanol–water partition coefficient (Wildman–Crippen LogP) is 7.75. The van der Waals surface area contributed by atoms with E-state index in [0.29, 0.717) is 19.5 Å². The summed E-state index contributed by atoms with van der Waals surface area (Å²) >= 11 is 1.72. The first-order chi connectivity index (χ1) is 24.4. The van der Waals surface area contributed by atoms with Gasteiger partial charge in [0.05, 0.1) is 25.9 Å². The zero-order valence-corrected chi connectivity index (χ0v) is 29.9. The van der Waals surface area contributed by atoms with Crippen LogP contribution in [0.2, 0.25) is 0 Å². The molecule has 1 aliphatic rings. The lowest BCUT2D eigenvalue weighted by Crippen LogP contribution is -2.38. The van der Waals surface area contributed by atoms with Gasteiger partial charge in [0, 0.05) is 48.6 Å². The first kappa shape index (κ1) is 37.1. The molecule has 5 rings (SSSR count). The summed E-state index contributed by atoms with van der Waals surface area (Å²) in [6, 6.07) is 32.4. The maximum absolute atomic E-state index is 12.6. The van der Waals surface area contributed by atoms with Gasteiger partial charge < -0.3 is 30.0 Å². The molecule has 4 aromatic rings. The second kappa shape index (κ2) is 18.7. The van der Waals surface area contributed by atoms with Crippen LogP contribution in [-0.4, -0.2) is 42.4 Å². The summed E-state index contributed by atoms with van der Waals surface area (Å²) in [7, 11) is 1.69. The Balaban J connectivity index is 1.27. The van der Waals surface area contributed by atoms with Gasteiger partial charge in [-0.3, -0.25) is 9.59 Å². The fourth-order valence-corrected chi connectivity index (χ4v) is 7.32. The zero-order chi connectivity index (χ0) is 35.3. The van der Waals surface area contributed by atoms with E-state index in [2.05, 4.69) is 54.0 Å². The summed E-state index contributed by atoms with van der Waals surface area (Å²) in [6.45, 7) is 4.76. The van der Waals surface area contributed by atoms with Crippen molar-refractivity contribution in [1.29, 1.82) is 0 Å². The molecule has 1 heterocycles. The SMILES string of the molecule is COc1ccccc1SC[C@H]1O[C@@H](c2ccc(-c3ccccc3CNC(=O)CCCCCNC(C)=O)cc2)O[C@@H](c2ccc(CO)cc2)[C@H]1C. The van der Waals surface area contributed by atoms with Gasteiger partial charge in [-0.2, -0.15) is 0 Å². The van der Waals surface area contributed by atoms with Crippen molar-refractivity contribution in [3.63, 3.8) is 0 Å². The number of methoxy groups -OCH3 is 1. The number of thioether (sulfide) groups is 1. The van der Waals surface area contributed by atoms with Crippen molar-refractivity contribution in [1.82, 2.24) is 10.6 Å². The molecule has 0 unspecified atom stereocenters. The molecule has 0 aliphatic carbocycles. The van der Waals surface area contributed by atoms with Crippen LogP contribution in [0.1, 0.15) is 74.2 Å². The van der Waals surface area contributed by atoms with Crippen molar-refractivity contribution >= 4 is 23.6 Å². The highest BCUT2D eigenvalue weighted by molar-refractivity contribution is 7.99. The number of aliphatic hydroxyl groups excluding tert-OH is 1.